The number of aliphatic hydroxyl groups excluding tert-OH is 1. The number of aliphatic hydroxyl groups is 1. The zero-order valence-corrected chi connectivity index (χ0v) is 9.74. The predicted molar refractivity (Wildman–Crippen MR) is 56.8 cm³/mol. The normalized spacial score (nSPS) is 25.2. The van der Waals surface area contributed by atoms with Gasteiger partial charge in [0.25, 0.3) is 0 Å². The van der Waals surface area contributed by atoms with E-state index in [1.807, 2.05) is 0 Å². The van der Waals surface area contributed by atoms with E-state index < -0.39 is 29.7 Å². The highest BCUT2D eigenvalue weighted by molar-refractivity contribution is 5.95. The Morgan fingerprint density at radius 2 is 2.06 bits per heavy atom. The van der Waals surface area contributed by atoms with Crippen molar-refractivity contribution in [3.05, 3.63) is 0 Å². The van der Waals surface area contributed by atoms with E-state index in [2.05, 4.69) is 10.6 Å². The van der Waals surface area contributed by atoms with Crippen molar-refractivity contribution in [3.63, 3.8) is 0 Å². The Balaban J connectivity index is 2.37. The Hall–Kier alpha value is -1.14. The molecular weight excluding hydrogens is 212 g/mol. The van der Waals surface area contributed by atoms with Crippen LogP contribution in [0.25, 0.3) is 0 Å². The summed E-state index contributed by atoms with van der Waals surface area (Å²) in [6.45, 7) is 5.52. The molecule has 0 radical (unpaired) electrons. The molecule has 0 saturated carbocycles. The molecule has 0 spiro atoms. The highest BCUT2D eigenvalue weighted by Crippen LogP contribution is 2.08. The van der Waals surface area contributed by atoms with Gasteiger partial charge in [-0.15, -0.1) is 0 Å². The maximum Gasteiger partial charge on any atom is 0.414 e. The first-order valence-corrected chi connectivity index (χ1v) is 5.23. The van der Waals surface area contributed by atoms with Crippen LogP contribution in [0.5, 0.6) is 0 Å². The van der Waals surface area contributed by atoms with Gasteiger partial charge in [0.2, 0.25) is 5.91 Å². The summed E-state index contributed by atoms with van der Waals surface area (Å²) in [5, 5.41) is 14.1. The summed E-state index contributed by atoms with van der Waals surface area (Å²) in [6, 6.07) is -0.525. The largest absolute Gasteiger partial charge is 0.444 e. The molecule has 1 heterocycles. The second-order valence-corrected chi connectivity index (χ2v) is 4.84. The predicted octanol–water partition coefficient (Wildman–Crippen LogP) is -0.240. The number of ether oxygens (including phenoxy) is 1. The van der Waals surface area contributed by atoms with Crippen LogP contribution in [-0.2, 0) is 9.53 Å². The van der Waals surface area contributed by atoms with Crippen LogP contribution >= 0.6 is 0 Å². The maximum atomic E-state index is 11.5. The number of carbonyl (C=O) groups is 2. The summed E-state index contributed by atoms with van der Waals surface area (Å²) in [5.41, 5.74) is -0.632. The van der Waals surface area contributed by atoms with Crippen LogP contribution in [0.2, 0.25) is 0 Å². The number of rotatable bonds is 1. The SMILES string of the molecule is CC(C)(C)OC(=O)NC(=O)[C@@H]1CC(O)CN1. The Morgan fingerprint density at radius 1 is 1.44 bits per heavy atom. The van der Waals surface area contributed by atoms with E-state index in [0.717, 1.165) is 0 Å². The van der Waals surface area contributed by atoms with Crippen molar-refractivity contribution in [2.45, 2.75) is 44.9 Å². The highest BCUT2D eigenvalue weighted by Gasteiger charge is 2.30. The van der Waals surface area contributed by atoms with Crippen molar-refractivity contribution in [1.82, 2.24) is 10.6 Å². The Kier molecular flexibility index (Phi) is 3.88. The number of β-amino-alcohol motifs (C(OH)–C–C–N with tert-alkyl or cyclic N) is 1. The lowest BCUT2D eigenvalue weighted by Crippen LogP contribution is -2.45. The molecule has 2 atom stereocenters. The Morgan fingerprint density at radius 3 is 2.50 bits per heavy atom. The number of nitrogens with one attached hydrogen (secondary N) is 2. The van der Waals surface area contributed by atoms with Crippen LogP contribution in [0.4, 0.5) is 4.79 Å². The maximum absolute atomic E-state index is 11.5. The van der Waals surface area contributed by atoms with E-state index in [-0.39, 0.29) is 0 Å². The minimum absolute atomic E-state index is 0.314. The lowest BCUT2D eigenvalue weighted by molar-refractivity contribution is -0.122. The molecule has 92 valence electrons. The summed E-state index contributed by atoms with van der Waals surface area (Å²) >= 11 is 0. The van der Waals surface area contributed by atoms with E-state index in [9.17, 15) is 14.7 Å². The first-order chi connectivity index (χ1) is 7.28. The van der Waals surface area contributed by atoms with Crippen molar-refractivity contribution in [1.29, 1.82) is 0 Å². The number of hydrogen-bond acceptors (Lipinski definition) is 5. The van der Waals surface area contributed by atoms with Crippen LogP contribution in [0.3, 0.4) is 0 Å². The molecule has 1 aliphatic heterocycles. The molecule has 0 aromatic rings. The third-order valence-electron chi connectivity index (χ3n) is 2.05. The molecule has 0 aromatic heterocycles. The Labute approximate surface area is 94.3 Å². The Bertz CT molecular complexity index is 285. The van der Waals surface area contributed by atoms with Crippen molar-refractivity contribution in [2.24, 2.45) is 0 Å². The number of imide groups is 1. The summed E-state index contributed by atoms with van der Waals surface area (Å²) in [5.74, 6) is -0.467. The molecule has 6 heteroatoms. The van der Waals surface area contributed by atoms with Gasteiger partial charge >= 0.3 is 6.09 Å². The fourth-order valence-corrected chi connectivity index (χ4v) is 1.41. The van der Waals surface area contributed by atoms with Crippen LogP contribution in [0, 0.1) is 0 Å². The van der Waals surface area contributed by atoms with Gasteiger partial charge in [-0.05, 0) is 27.2 Å². The number of carbonyl (C=O) groups excluding carboxylic acids is 2. The number of hydrogen-bond donors (Lipinski definition) is 3. The third kappa shape index (κ3) is 4.16. The van der Waals surface area contributed by atoms with Crippen molar-refractivity contribution in [3.8, 4) is 0 Å². The summed E-state index contributed by atoms with van der Waals surface area (Å²) in [4.78, 5) is 22.8. The highest BCUT2D eigenvalue weighted by atomic mass is 16.6. The molecule has 1 rings (SSSR count). The van der Waals surface area contributed by atoms with Gasteiger partial charge in [-0.2, -0.15) is 0 Å². The van der Waals surface area contributed by atoms with Crippen LogP contribution in [-0.4, -0.2) is 41.4 Å². The van der Waals surface area contributed by atoms with Crippen LogP contribution in [0.1, 0.15) is 27.2 Å². The fourth-order valence-electron chi connectivity index (χ4n) is 1.41. The topological polar surface area (TPSA) is 87.7 Å². The van der Waals surface area contributed by atoms with E-state index in [4.69, 9.17) is 4.74 Å². The molecule has 6 nitrogen and oxygen atoms in total. The lowest BCUT2D eigenvalue weighted by Gasteiger charge is -2.20. The second-order valence-electron chi connectivity index (χ2n) is 4.84. The molecule has 0 bridgehead atoms. The fraction of sp³-hybridized carbons (Fsp3) is 0.800. The standard InChI is InChI=1S/C10H18N2O4/c1-10(2,3)16-9(15)12-8(14)7-4-6(13)5-11-7/h6-7,11,13H,4-5H2,1-3H3,(H,12,14,15)/t6?,7-/m0/s1. The van der Waals surface area contributed by atoms with Gasteiger partial charge in [-0.3, -0.25) is 10.1 Å². The van der Waals surface area contributed by atoms with Crippen molar-refractivity contribution < 1.29 is 19.4 Å². The van der Waals surface area contributed by atoms with Crippen LogP contribution < -0.4 is 10.6 Å². The van der Waals surface area contributed by atoms with Gasteiger partial charge in [0.15, 0.2) is 0 Å². The van der Waals surface area contributed by atoms with Gasteiger partial charge in [0, 0.05) is 6.54 Å². The molecule has 1 unspecified atom stereocenters. The third-order valence-corrected chi connectivity index (χ3v) is 2.05. The smallest absolute Gasteiger partial charge is 0.414 e. The van der Waals surface area contributed by atoms with E-state index in [1.54, 1.807) is 20.8 Å². The molecule has 16 heavy (non-hydrogen) atoms. The lowest BCUT2D eigenvalue weighted by atomic mass is 10.2. The summed E-state index contributed by atoms with van der Waals surface area (Å²) < 4.78 is 4.93. The van der Waals surface area contributed by atoms with E-state index in [0.29, 0.717) is 13.0 Å². The summed E-state index contributed by atoms with van der Waals surface area (Å²) in [6.07, 6.45) is -0.982. The molecular formula is C10H18N2O4. The molecule has 1 fully saturated rings. The summed E-state index contributed by atoms with van der Waals surface area (Å²) in [7, 11) is 0. The van der Waals surface area contributed by atoms with E-state index in [1.165, 1.54) is 0 Å². The minimum Gasteiger partial charge on any atom is -0.444 e. The number of alkyl carbamates (subject to hydrolysis) is 1. The molecule has 1 saturated heterocycles. The van der Waals surface area contributed by atoms with Gasteiger partial charge in [-0.1, -0.05) is 0 Å². The van der Waals surface area contributed by atoms with Crippen LogP contribution in [0.15, 0.2) is 0 Å². The molecule has 0 aromatic carbocycles. The average molecular weight is 230 g/mol. The molecule has 2 amide bonds. The van der Waals surface area contributed by atoms with Crippen molar-refractivity contribution in [2.75, 3.05) is 6.54 Å². The quantitative estimate of drug-likeness (QED) is 0.578. The molecule has 3 N–H and O–H groups in total. The van der Waals surface area contributed by atoms with Gasteiger partial charge in [-0.25, -0.2) is 4.79 Å². The van der Waals surface area contributed by atoms with Gasteiger partial charge < -0.3 is 15.2 Å². The first kappa shape index (κ1) is 12.9. The number of amides is 2. The van der Waals surface area contributed by atoms with E-state index >= 15 is 0 Å². The molecule has 1 aliphatic rings. The zero-order chi connectivity index (χ0) is 12.3. The van der Waals surface area contributed by atoms with Crippen molar-refractivity contribution >= 4 is 12.0 Å². The van der Waals surface area contributed by atoms with Gasteiger partial charge in [0.05, 0.1) is 12.1 Å². The minimum atomic E-state index is -0.763. The zero-order valence-electron chi connectivity index (χ0n) is 9.74. The average Bonchev–Trinajstić information content (AvgIpc) is 2.47. The monoisotopic (exact) mass is 230 g/mol. The molecule has 0 aliphatic carbocycles. The van der Waals surface area contributed by atoms with Gasteiger partial charge in [0.1, 0.15) is 5.60 Å². The second kappa shape index (κ2) is 4.80. The first-order valence-electron chi connectivity index (χ1n) is 5.23.